The summed E-state index contributed by atoms with van der Waals surface area (Å²) in [5.41, 5.74) is 5.67. The maximum absolute atomic E-state index is 9.74. The SMILES string of the molecule is Cn1cncc1C(c1ccc(Cl)cc1)c1ccc2nc(C#N)c(-c3ccccc3)c(Cl)c2c1. The average Bonchev–Trinajstić information content (AvgIpc) is 3.26. The molecule has 0 saturated heterocycles. The van der Waals surface area contributed by atoms with Gasteiger partial charge in [0.05, 0.1) is 22.8 Å². The molecule has 0 radical (unpaired) electrons. The van der Waals surface area contributed by atoms with Gasteiger partial charge in [-0.3, -0.25) is 0 Å². The minimum Gasteiger partial charge on any atom is -0.337 e. The van der Waals surface area contributed by atoms with Crippen LogP contribution in [0.1, 0.15) is 28.4 Å². The molecule has 0 fully saturated rings. The predicted molar refractivity (Wildman–Crippen MR) is 133 cm³/mol. The van der Waals surface area contributed by atoms with Crippen molar-refractivity contribution in [2.75, 3.05) is 0 Å². The molecule has 0 N–H and O–H groups in total. The highest BCUT2D eigenvalue weighted by Gasteiger charge is 2.22. The lowest BCUT2D eigenvalue weighted by Gasteiger charge is -2.20. The minimum atomic E-state index is -0.0777. The molecule has 1 unspecified atom stereocenters. The Bertz CT molecular complexity index is 1500. The van der Waals surface area contributed by atoms with E-state index in [1.807, 2.05) is 84.5 Å². The Balaban J connectivity index is 1.75. The fourth-order valence-corrected chi connectivity index (χ4v) is 4.68. The van der Waals surface area contributed by atoms with Crippen LogP contribution < -0.4 is 0 Å². The van der Waals surface area contributed by atoms with Crippen LogP contribution in [0.5, 0.6) is 0 Å². The average molecular weight is 469 g/mol. The van der Waals surface area contributed by atoms with E-state index in [2.05, 4.69) is 22.1 Å². The second kappa shape index (κ2) is 8.71. The summed E-state index contributed by atoms with van der Waals surface area (Å²) < 4.78 is 2.01. The molecule has 0 aliphatic rings. The van der Waals surface area contributed by atoms with Gasteiger partial charge in [-0.1, -0.05) is 71.7 Å². The summed E-state index contributed by atoms with van der Waals surface area (Å²) in [5.74, 6) is -0.0777. The van der Waals surface area contributed by atoms with Gasteiger partial charge in [-0.25, -0.2) is 9.97 Å². The van der Waals surface area contributed by atoms with Gasteiger partial charge < -0.3 is 4.57 Å². The second-order valence-electron chi connectivity index (χ2n) is 7.82. The highest BCUT2D eigenvalue weighted by atomic mass is 35.5. The molecule has 0 spiro atoms. The molecule has 6 heteroatoms. The molecule has 3 aromatic carbocycles. The minimum absolute atomic E-state index is 0.0777. The third kappa shape index (κ3) is 3.87. The van der Waals surface area contributed by atoms with Crippen LogP contribution in [0.2, 0.25) is 10.0 Å². The van der Waals surface area contributed by atoms with Crippen molar-refractivity contribution in [2.45, 2.75) is 5.92 Å². The smallest absolute Gasteiger partial charge is 0.150 e. The first-order valence-electron chi connectivity index (χ1n) is 10.4. The number of fused-ring (bicyclic) bond motifs is 1. The Kier molecular flexibility index (Phi) is 5.60. The number of pyridine rings is 1. The van der Waals surface area contributed by atoms with Gasteiger partial charge in [0.25, 0.3) is 0 Å². The van der Waals surface area contributed by atoms with Gasteiger partial charge in [-0.05, 0) is 41.0 Å². The fraction of sp³-hybridized carbons (Fsp3) is 0.0741. The summed E-state index contributed by atoms with van der Waals surface area (Å²) in [6, 6.07) is 25.7. The van der Waals surface area contributed by atoms with Gasteiger partial charge in [-0.15, -0.1) is 0 Å². The molecular weight excluding hydrogens is 451 g/mol. The fourth-order valence-electron chi connectivity index (χ4n) is 4.21. The van der Waals surface area contributed by atoms with E-state index in [1.54, 1.807) is 6.33 Å². The Morgan fingerprint density at radius 1 is 0.939 bits per heavy atom. The molecule has 5 aromatic rings. The van der Waals surface area contributed by atoms with Gasteiger partial charge in [0, 0.05) is 34.9 Å². The zero-order valence-electron chi connectivity index (χ0n) is 17.7. The van der Waals surface area contributed by atoms with Crippen molar-refractivity contribution >= 4 is 34.1 Å². The van der Waals surface area contributed by atoms with E-state index in [4.69, 9.17) is 23.2 Å². The van der Waals surface area contributed by atoms with E-state index < -0.39 is 0 Å². The van der Waals surface area contributed by atoms with Crippen molar-refractivity contribution in [2.24, 2.45) is 7.05 Å². The van der Waals surface area contributed by atoms with Crippen molar-refractivity contribution in [1.29, 1.82) is 5.26 Å². The van der Waals surface area contributed by atoms with Crippen LogP contribution in [0.25, 0.3) is 22.0 Å². The molecular formula is C27H18Cl2N4. The van der Waals surface area contributed by atoms with E-state index in [1.165, 1.54) is 0 Å². The summed E-state index contributed by atoms with van der Waals surface area (Å²) >= 11 is 13.1. The molecule has 5 rings (SSSR count). The maximum Gasteiger partial charge on any atom is 0.150 e. The molecule has 2 heterocycles. The Morgan fingerprint density at radius 3 is 2.33 bits per heavy atom. The van der Waals surface area contributed by atoms with E-state index in [0.717, 1.165) is 27.8 Å². The molecule has 2 aromatic heterocycles. The molecule has 0 amide bonds. The number of aryl methyl sites for hydroxylation is 1. The number of halogens is 2. The van der Waals surface area contributed by atoms with Crippen LogP contribution >= 0.6 is 23.2 Å². The first kappa shape index (κ1) is 21.2. The van der Waals surface area contributed by atoms with Crippen molar-refractivity contribution in [3.8, 4) is 17.2 Å². The van der Waals surface area contributed by atoms with E-state index in [0.29, 0.717) is 26.8 Å². The highest BCUT2D eigenvalue weighted by Crippen LogP contribution is 2.39. The Hall–Kier alpha value is -3.65. The first-order chi connectivity index (χ1) is 16.1. The molecule has 1 atom stereocenters. The predicted octanol–water partition coefficient (Wildman–Crippen LogP) is 6.99. The number of imidazole rings is 1. The van der Waals surface area contributed by atoms with Crippen molar-refractivity contribution in [3.05, 3.63) is 118 Å². The standard InChI is InChI=1S/C27H18Cl2N4/c1-33-16-31-15-24(33)25(18-7-10-20(28)11-8-18)19-9-12-22-21(13-19)27(29)26(23(14-30)32-22)17-5-3-2-4-6-17/h2-13,15-16,25H,1H3. The molecule has 0 saturated carbocycles. The van der Waals surface area contributed by atoms with Gasteiger partial charge >= 0.3 is 0 Å². The highest BCUT2D eigenvalue weighted by molar-refractivity contribution is 6.38. The number of rotatable bonds is 4. The van der Waals surface area contributed by atoms with Crippen LogP contribution in [0, 0.1) is 11.3 Å². The van der Waals surface area contributed by atoms with Crippen LogP contribution in [-0.4, -0.2) is 14.5 Å². The summed E-state index contributed by atoms with van der Waals surface area (Å²) in [6.45, 7) is 0. The molecule has 0 aliphatic heterocycles. The number of hydrogen-bond donors (Lipinski definition) is 0. The maximum atomic E-state index is 9.74. The Morgan fingerprint density at radius 2 is 1.67 bits per heavy atom. The van der Waals surface area contributed by atoms with Crippen LogP contribution in [0.3, 0.4) is 0 Å². The number of nitrogens with zero attached hydrogens (tertiary/aromatic N) is 4. The molecule has 0 bridgehead atoms. The molecule has 4 nitrogen and oxygen atoms in total. The third-order valence-corrected chi connectivity index (χ3v) is 6.44. The largest absolute Gasteiger partial charge is 0.337 e. The number of aromatic nitrogens is 3. The van der Waals surface area contributed by atoms with Crippen LogP contribution in [0.15, 0.2) is 85.3 Å². The summed E-state index contributed by atoms with van der Waals surface area (Å²) in [4.78, 5) is 8.95. The van der Waals surface area contributed by atoms with Gasteiger partial charge in [0.15, 0.2) is 5.69 Å². The van der Waals surface area contributed by atoms with Crippen molar-refractivity contribution in [1.82, 2.24) is 14.5 Å². The molecule has 33 heavy (non-hydrogen) atoms. The van der Waals surface area contributed by atoms with E-state index >= 15 is 0 Å². The lowest BCUT2D eigenvalue weighted by atomic mass is 9.87. The monoisotopic (exact) mass is 468 g/mol. The topological polar surface area (TPSA) is 54.5 Å². The van der Waals surface area contributed by atoms with Crippen molar-refractivity contribution < 1.29 is 0 Å². The zero-order chi connectivity index (χ0) is 22.9. The lowest BCUT2D eigenvalue weighted by Crippen LogP contribution is -2.08. The summed E-state index contributed by atoms with van der Waals surface area (Å²) in [6.07, 6.45) is 3.66. The van der Waals surface area contributed by atoms with Gasteiger partial charge in [0.2, 0.25) is 0 Å². The zero-order valence-corrected chi connectivity index (χ0v) is 19.2. The number of benzene rings is 3. The van der Waals surface area contributed by atoms with Crippen molar-refractivity contribution in [3.63, 3.8) is 0 Å². The number of hydrogen-bond acceptors (Lipinski definition) is 3. The first-order valence-corrected chi connectivity index (χ1v) is 11.1. The number of nitriles is 1. The van der Waals surface area contributed by atoms with Crippen LogP contribution in [-0.2, 0) is 7.05 Å². The second-order valence-corrected chi connectivity index (χ2v) is 8.63. The molecule has 160 valence electrons. The van der Waals surface area contributed by atoms with Crippen LogP contribution in [0.4, 0.5) is 0 Å². The quantitative estimate of drug-likeness (QED) is 0.285. The lowest BCUT2D eigenvalue weighted by molar-refractivity contribution is 0.793. The molecule has 0 aliphatic carbocycles. The van der Waals surface area contributed by atoms with E-state index in [9.17, 15) is 5.26 Å². The van der Waals surface area contributed by atoms with Gasteiger partial charge in [0.1, 0.15) is 6.07 Å². The Labute approximate surface area is 201 Å². The van der Waals surface area contributed by atoms with Gasteiger partial charge in [-0.2, -0.15) is 5.26 Å². The van der Waals surface area contributed by atoms with E-state index in [-0.39, 0.29) is 5.92 Å². The summed E-state index contributed by atoms with van der Waals surface area (Å²) in [5, 5.41) is 11.7. The summed E-state index contributed by atoms with van der Waals surface area (Å²) in [7, 11) is 1.98. The normalized spacial score (nSPS) is 11.9. The third-order valence-electron chi connectivity index (χ3n) is 5.80.